The molecule has 1 aromatic rings. The highest BCUT2D eigenvalue weighted by atomic mass is 16.5. The number of piperidine rings is 1. The van der Waals surface area contributed by atoms with Gasteiger partial charge in [0.25, 0.3) is 0 Å². The molecule has 0 radical (unpaired) electrons. The monoisotopic (exact) mass is 435 g/mol. The van der Waals surface area contributed by atoms with Crippen LogP contribution < -0.4 is 24.8 Å². The van der Waals surface area contributed by atoms with Gasteiger partial charge in [0.2, 0.25) is 11.7 Å². The molecule has 172 valence electrons. The van der Waals surface area contributed by atoms with Crippen LogP contribution in [0.15, 0.2) is 12.1 Å². The molecule has 2 aliphatic rings. The third-order valence-corrected chi connectivity index (χ3v) is 5.84. The van der Waals surface area contributed by atoms with Crippen LogP contribution in [0.2, 0.25) is 0 Å². The topological polar surface area (TPSA) is 98.4 Å². The van der Waals surface area contributed by atoms with E-state index in [0.29, 0.717) is 49.0 Å². The smallest absolute Gasteiger partial charge is 0.321 e. The summed E-state index contributed by atoms with van der Waals surface area (Å²) < 4.78 is 21.5. The molecule has 2 aliphatic heterocycles. The summed E-state index contributed by atoms with van der Waals surface area (Å²) >= 11 is 0. The predicted molar refractivity (Wildman–Crippen MR) is 116 cm³/mol. The standard InChI is InChI=1S/C22H33N3O6/c1-28-18-12-16(13-19(29-2)21(18)30-3)24-22(27)25-8-6-15(7-9-25)11-20(26)23-14-17-5-4-10-31-17/h12-13,15,17H,4-11,14H2,1-3H3,(H,23,26)(H,24,27). The number of nitrogens with zero attached hydrogens (tertiary/aromatic N) is 1. The molecule has 0 bridgehead atoms. The highest BCUT2D eigenvalue weighted by Crippen LogP contribution is 2.40. The SMILES string of the molecule is COc1cc(NC(=O)N2CCC(CC(=O)NCC3CCCO3)CC2)cc(OC)c1OC. The van der Waals surface area contributed by atoms with Crippen LogP contribution in [-0.2, 0) is 9.53 Å². The molecule has 2 saturated heterocycles. The zero-order valence-corrected chi connectivity index (χ0v) is 18.6. The first-order valence-corrected chi connectivity index (χ1v) is 10.8. The molecule has 31 heavy (non-hydrogen) atoms. The van der Waals surface area contributed by atoms with Crippen LogP contribution in [-0.4, -0.2) is 70.5 Å². The molecule has 3 rings (SSSR count). The minimum atomic E-state index is -0.185. The number of rotatable bonds is 8. The number of hydrogen-bond donors (Lipinski definition) is 2. The number of carbonyl (C=O) groups excluding carboxylic acids is 2. The van der Waals surface area contributed by atoms with E-state index in [1.807, 2.05) is 0 Å². The fraction of sp³-hybridized carbons (Fsp3) is 0.636. The second-order valence-corrected chi connectivity index (χ2v) is 7.92. The van der Waals surface area contributed by atoms with Gasteiger partial charge in [-0.25, -0.2) is 4.79 Å². The van der Waals surface area contributed by atoms with Crippen LogP contribution in [0, 0.1) is 5.92 Å². The van der Waals surface area contributed by atoms with E-state index in [0.717, 1.165) is 32.3 Å². The average Bonchev–Trinajstić information content (AvgIpc) is 3.31. The van der Waals surface area contributed by atoms with Crippen LogP contribution in [0.4, 0.5) is 10.5 Å². The summed E-state index contributed by atoms with van der Waals surface area (Å²) in [7, 11) is 4.60. The molecule has 2 fully saturated rings. The van der Waals surface area contributed by atoms with Crippen molar-refractivity contribution in [1.82, 2.24) is 10.2 Å². The Morgan fingerprint density at radius 1 is 1.06 bits per heavy atom. The summed E-state index contributed by atoms with van der Waals surface area (Å²) in [5, 5.41) is 5.88. The molecule has 1 unspecified atom stereocenters. The third kappa shape index (κ3) is 6.16. The number of hydrogen-bond acceptors (Lipinski definition) is 6. The molecule has 1 atom stereocenters. The lowest BCUT2D eigenvalue weighted by atomic mass is 9.93. The first kappa shape index (κ1) is 23.0. The largest absolute Gasteiger partial charge is 0.493 e. The van der Waals surface area contributed by atoms with Gasteiger partial charge in [-0.1, -0.05) is 0 Å². The van der Waals surface area contributed by atoms with Crippen molar-refractivity contribution in [2.75, 3.05) is 52.9 Å². The van der Waals surface area contributed by atoms with Crippen molar-refractivity contribution in [3.8, 4) is 17.2 Å². The van der Waals surface area contributed by atoms with Crippen LogP contribution in [0.5, 0.6) is 17.2 Å². The second kappa shape index (κ2) is 11.1. The Morgan fingerprint density at radius 2 is 1.74 bits per heavy atom. The Hall–Kier alpha value is -2.68. The van der Waals surface area contributed by atoms with Crippen LogP contribution in [0.3, 0.4) is 0 Å². The van der Waals surface area contributed by atoms with Gasteiger partial charge in [-0.3, -0.25) is 4.79 Å². The van der Waals surface area contributed by atoms with E-state index in [2.05, 4.69) is 10.6 Å². The highest BCUT2D eigenvalue weighted by Gasteiger charge is 2.25. The number of anilines is 1. The van der Waals surface area contributed by atoms with Gasteiger partial charge in [0.1, 0.15) is 0 Å². The maximum absolute atomic E-state index is 12.7. The van der Waals surface area contributed by atoms with Crippen molar-refractivity contribution < 1.29 is 28.5 Å². The average molecular weight is 436 g/mol. The molecular weight excluding hydrogens is 402 g/mol. The summed E-state index contributed by atoms with van der Waals surface area (Å²) in [4.78, 5) is 26.7. The van der Waals surface area contributed by atoms with Gasteiger partial charge in [-0.15, -0.1) is 0 Å². The van der Waals surface area contributed by atoms with Crippen molar-refractivity contribution in [3.63, 3.8) is 0 Å². The molecule has 9 heteroatoms. The van der Waals surface area contributed by atoms with Crippen molar-refractivity contribution in [3.05, 3.63) is 12.1 Å². The molecule has 3 amide bonds. The quantitative estimate of drug-likeness (QED) is 0.651. The van der Waals surface area contributed by atoms with Crippen molar-refractivity contribution in [2.45, 2.75) is 38.2 Å². The predicted octanol–water partition coefficient (Wildman–Crippen LogP) is 2.64. The van der Waals surface area contributed by atoms with E-state index in [1.54, 1.807) is 17.0 Å². The molecule has 0 saturated carbocycles. The maximum Gasteiger partial charge on any atom is 0.321 e. The molecule has 1 aromatic carbocycles. The minimum Gasteiger partial charge on any atom is -0.493 e. The van der Waals surface area contributed by atoms with E-state index >= 15 is 0 Å². The van der Waals surface area contributed by atoms with Gasteiger partial charge in [-0.05, 0) is 31.6 Å². The lowest BCUT2D eigenvalue weighted by molar-refractivity contribution is -0.122. The zero-order valence-electron chi connectivity index (χ0n) is 18.6. The Morgan fingerprint density at radius 3 is 2.29 bits per heavy atom. The molecule has 2 N–H and O–H groups in total. The van der Waals surface area contributed by atoms with Crippen LogP contribution in [0.25, 0.3) is 0 Å². The van der Waals surface area contributed by atoms with Crippen LogP contribution in [0.1, 0.15) is 32.1 Å². The zero-order chi connectivity index (χ0) is 22.2. The second-order valence-electron chi connectivity index (χ2n) is 7.92. The number of carbonyl (C=O) groups is 2. The first-order valence-electron chi connectivity index (χ1n) is 10.8. The maximum atomic E-state index is 12.7. The molecule has 2 heterocycles. The number of methoxy groups -OCH3 is 3. The Labute approximate surface area is 183 Å². The Kier molecular flexibility index (Phi) is 8.22. The number of benzene rings is 1. The normalized spacial score (nSPS) is 19.1. The first-order chi connectivity index (χ1) is 15.0. The van der Waals surface area contributed by atoms with E-state index in [9.17, 15) is 9.59 Å². The van der Waals surface area contributed by atoms with Crippen molar-refractivity contribution >= 4 is 17.6 Å². The summed E-state index contributed by atoms with van der Waals surface area (Å²) in [5.74, 6) is 1.78. The summed E-state index contributed by atoms with van der Waals surface area (Å²) in [6.07, 6.45) is 4.34. The van der Waals surface area contributed by atoms with E-state index in [4.69, 9.17) is 18.9 Å². The van der Waals surface area contributed by atoms with Crippen LogP contribution >= 0.6 is 0 Å². The third-order valence-electron chi connectivity index (χ3n) is 5.84. The van der Waals surface area contributed by atoms with Gasteiger partial charge in [0.05, 0.1) is 33.1 Å². The number of nitrogens with one attached hydrogen (secondary N) is 2. The lowest BCUT2D eigenvalue weighted by Crippen LogP contribution is -2.42. The fourth-order valence-corrected chi connectivity index (χ4v) is 4.06. The van der Waals surface area contributed by atoms with E-state index in [-0.39, 0.29) is 24.0 Å². The number of urea groups is 1. The fourth-order valence-electron chi connectivity index (χ4n) is 4.06. The van der Waals surface area contributed by atoms with Gasteiger partial charge in [0.15, 0.2) is 11.5 Å². The van der Waals surface area contributed by atoms with Crippen molar-refractivity contribution in [2.24, 2.45) is 5.92 Å². The molecule has 0 spiro atoms. The summed E-state index contributed by atoms with van der Waals surface area (Å²) in [6, 6.07) is 3.21. The lowest BCUT2D eigenvalue weighted by Gasteiger charge is -2.32. The number of likely N-dealkylation sites (tertiary alicyclic amines) is 1. The Bertz CT molecular complexity index is 733. The molecule has 9 nitrogen and oxygen atoms in total. The van der Waals surface area contributed by atoms with Gasteiger partial charge in [-0.2, -0.15) is 0 Å². The molecule has 0 aromatic heterocycles. The van der Waals surface area contributed by atoms with Gasteiger partial charge in [0, 0.05) is 44.8 Å². The van der Waals surface area contributed by atoms with E-state index in [1.165, 1.54) is 21.3 Å². The van der Waals surface area contributed by atoms with Gasteiger partial charge < -0.3 is 34.5 Å². The molecule has 0 aliphatic carbocycles. The Balaban J connectivity index is 1.46. The highest BCUT2D eigenvalue weighted by molar-refractivity contribution is 5.90. The molecular formula is C22H33N3O6. The summed E-state index contributed by atoms with van der Waals surface area (Å²) in [5.41, 5.74) is 0.565. The minimum absolute atomic E-state index is 0.0656. The summed E-state index contributed by atoms with van der Waals surface area (Å²) in [6.45, 7) is 2.60. The van der Waals surface area contributed by atoms with Crippen molar-refractivity contribution in [1.29, 1.82) is 0 Å². The van der Waals surface area contributed by atoms with Gasteiger partial charge >= 0.3 is 6.03 Å². The number of amides is 3. The number of ether oxygens (including phenoxy) is 4. The van der Waals surface area contributed by atoms with E-state index < -0.39 is 0 Å².